The molecule has 0 aliphatic carbocycles. The molecule has 0 amide bonds. The molecule has 3 rings (SSSR count). The Morgan fingerprint density at radius 3 is 2.52 bits per heavy atom. The van der Waals surface area contributed by atoms with Crippen molar-refractivity contribution in [1.82, 2.24) is 14.7 Å². The third-order valence-electron chi connectivity index (χ3n) is 4.07. The number of aromatic nitrogens is 2. The zero-order valence-electron chi connectivity index (χ0n) is 12.5. The zero-order valence-corrected chi connectivity index (χ0v) is 12.5. The van der Waals surface area contributed by atoms with E-state index in [9.17, 15) is 0 Å². The molecule has 0 bridgehead atoms. The topological polar surface area (TPSA) is 56.3 Å². The first-order valence-electron chi connectivity index (χ1n) is 7.41. The van der Waals surface area contributed by atoms with Gasteiger partial charge in [-0.15, -0.1) is 0 Å². The van der Waals surface area contributed by atoms with Gasteiger partial charge in [0.05, 0.1) is 19.4 Å². The molecule has 112 valence electrons. The van der Waals surface area contributed by atoms with E-state index in [0.717, 1.165) is 50.4 Å². The molecular formula is C16H22N4O. The van der Waals surface area contributed by atoms with Gasteiger partial charge in [0.1, 0.15) is 5.82 Å². The van der Waals surface area contributed by atoms with Crippen molar-refractivity contribution in [3.63, 3.8) is 0 Å². The second-order valence-corrected chi connectivity index (χ2v) is 5.47. The summed E-state index contributed by atoms with van der Waals surface area (Å²) < 4.78 is 7.06. The highest BCUT2D eigenvalue weighted by Crippen LogP contribution is 2.25. The Balaban J connectivity index is 1.62. The molecule has 1 aliphatic heterocycles. The molecule has 1 saturated heterocycles. The van der Waals surface area contributed by atoms with Crippen LogP contribution in [-0.4, -0.2) is 47.5 Å². The Hall–Kier alpha value is -1.85. The van der Waals surface area contributed by atoms with Gasteiger partial charge in [0, 0.05) is 32.2 Å². The Labute approximate surface area is 125 Å². The molecule has 5 heteroatoms. The molecule has 0 radical (unpaired) electrons. The van der Waals surface area contributed by atoms with Crippen LogP contribution in [0.3, 0.4) is 0 Å². The second-order valence-electron chi connectivity index (χ2n) is 5.47. The van der Waals surface area contributed by atoms with Crippen molar-refractivity contribution < 1.29 is 4.74 Å². The Kier molecular flexibility index (Phi) is 4.22. The number of anilines is 1. The van der Waals surface area contributed by atoms with Crippen LogP contribution < -0.4 is 5.73 Å². The van der Waals surface area contributed by atoms with Crippen LogP contribution in [0, 0.1) is 0 Å². The van der Waals surface area contributed by atoms with E-state index in [1.54, 1.807) is 4.68 Å². The average molecular weight is 286 g/mol. The Morgan fingerprint density at radius 2 is 1.90 bits per heavy atom. The van der Waals surface area contributed by atoms with Crippen LogP contribution >= 0.6 is 0 Å². The minimum Gasteiger partial charge on any atom is -0.383 e. The Morgan fingerprint density at radius 1 is 1.19 bits per heavy atom. The van der Waals surface area contributed by atoms with Gasteiger partial charge < -0.3 is 10.5 Å². The number of nitrogen functional groups attached to an aromatic ring is 1. The van der Waals surface area contributed by atoms with Crippen LogP contribution in [0.5, 0.6) is 0 Å². The number of hydrogen-bond donors (Lipinski definition) is 1. The monoisotopic (exact) mass is 286 g/mol. The lowest BCUT2D eigenvalue weighted by atomic mass is 10.0. The first kappa shape index (κ1) is 14.1. The SMILES string of the molecule is Cn1ncc(-c2ccc(CCN3CCOCC3)cc2)c1N. The van der Waals surface area contributed by atoms with Gasteiger partial charge in [0.25, 0.3) is 0 Å². The van der Waals surface area contributed by atoms with E-state index in [1.165, 1.54) is 5.56 Å². The smallest absolute Gasteiger partial charge is 0.129 e. The number of morpholine rings is 1. The molecule has 0 spiro atoms. The third-order valence-corrected chi connectivity index (χ3v) is 4.07. The first-order chi connectivity index (χ1) is 10.2. The van der Waals surface area contributed by atoms with Crippen molar-refractivity contribution in [3.8, 4) is 11.1 Å². The molecule has 2 aromatic rings. The van der Waals surface area contributed by atoms with E-state index in [0.29, 0.717) is 5.82 Å². The van der Waals surface area contributed by atoms with Gasteiger partial charge in [0.2, 0.25) is 0 Å². The summed E-state index contributed by atoms with van der Waals surface area (Å²) in [5.41, 5.74) is 9.48. The summed E-state index contributed by atoms with van der Waals surface area (Å²) in [5, 5.41) is 4.19. The molecule has 1 fully saturated rings. The number of ether oxygens (including phenoxy) is 1. The summed E-state index contributed by atoms with van der Waals surface area (Å²) in [5.74, 6) is 0.705. The van der Waals surface area contributed by atoms with Crippen molar-refractivity contribution >= 4 is 5.82 Å². The van der Waals surface area contributed by atoms with E-state index in [2.05, 4.69) is 34.3 Å². The minimum atomic E-state index is 0.705. The predicted octanol–water partition coefficient (Wildman–Crippen LogP) is 1.54. The molecule has 5 nitrogen and oxygen atoms in total. The quantitative estimate of drug-likeness (QED) is 0.926. The molecule has 0 saturated carbocycles. The summed E-state index contributed by atoms with van der Waals surface area (Å²) in [6.45, 7) is 4.91. The lowest BCUT2D eigenvalue weighted by molar-refractivity contribution is 0.0384. The number of benzene rings is 1. The summed E-state index contributed by atoms with van der Waals surface area (Å²) in [6, 6.07) is 8.62. The van der Waals surface area contributed by atoms with E-state index in [4.69, 9.17) is 10.5 Å². The highest BCUT2D eigenvalue weighted by Gasteiger charge is 2.10. The highest BCUT2D eigenvalue weighted by atomic mass is 16.5. The fourth-order valence-corrected chi connectivity index (χ4v) is 2.63. The first-order valence-corrected chi connectivity index (χ1v) is 7.41. The normalized spacial score (nSPS) is 16.2. The van der Waals surface area contributed by atoms with Gasteiger partial charge in [-0.25, -0.2) is 0 Å². The van der Waals surface area contributed by atoms with Gasteiger partial charge in [-0.2, -0.15) is 5.10 Å². The molecule has 1 aromatic heterocycles. The lowest BCUT2D eigenvalue weighted by Gasteiger charge is -2.26. The van der Waals surface area contributed by atoms with Crippen LogP contribution in [0.15, 0.2) is 30.5 Å². The summed E-state index contributed by atoms with van der Waals surface area (Å²) in [4.78, 5) is 2.45. The van der Waals surface area contributed by atoms with Gasteiger partial charge >= 0.3 is 0 Å². The van der Waals surface area contributed by atoms with Crippen molar-refractivity contribution in [2.45, 2.75) is 6.42 Å². The van der Waals surface area contributed by atoms with Crippen LogP contribution in [0.2, 0.25) is 0 Å². The highest BCUT2D eigenvalue weighted by molar-refractivity contribution is 5.73. The van der Waals surface area contributed by atoms with E-state index in [1.807, 2.05) is 13.2 Å². The van der Waals surface area contributed by atoms with Crippen molar-refractivity contribution in [2.75, 3.05) is 38.6 Å². The number of nitrogens with zero attached hydrogens (tertiary/aromatic N) is 3. The summed E-state index contributed by atoms with van der Waals surface area (Å²) in [7, 11) is 1.86. The molecule has 0 unspecified atom stereocenters. The number of aryl methyl sites for hydroxylation is 1. The Bertz CT molecular complexity index is 585. The predicted molar refractivity (Wildman–Crippen MR) is 84.0 cm³/mol. The van der Waals surface area contributed by atoms with Crippen molar-refractivity contribution in [3.05, 3.63) is 36.0 Å². The van der Waals surface area contributed by atoms with Crippen LogP contribution in [-0.2, 0) is 18.2 Å². The molecule has 2 N–H and O–H groups in total. The molecule has 0 atom stereocenters. The number of hydrogen-bond acceptors (Lipinski definition) is 4. The van der Waals surface area contributed by atoms with Crippen LogP contribution in [0.4, 0.5) is 5.82 Å². The van der Waals surface area contributed by atoms with Gasteiger partial charge in [-0.05, 0) is 17.5 Å². The summed E-state index contributed by atoms with van der Waals surface area (Å²) >= 11 is 0. The molecule has 1 aliphatic rings. The van der Waals surface area contributed by atoms with E-state index in [-0.39, 0.29) is 0 Å². The molecule has 1 aromatic carbocycles. The van der Waals surface area contributed by atoms with Crippen LogP contribution in [0.1, 0.15) is 5.56 Å². The van der Waals surface area contributed by atoms with Gasteiger partial charge in [0.15, 0.2) is 0 Å². The van der Waals surface area contributed by atoms with Gasteiger partial charge in [-0.1, -0.05) is 24.3 Å². The van der Waals surface area contributed by atoms with Crippen molar-refractivity contribution in [2.24, 2.45) is 7.05 Å². The maximum Gasteiger partial charge on any atom is 0.129 e. The van der Waals surface area contributed by atoms with E-state index < -0.39 is 0 Å². The zero-order chi connectivity index (χ0) is 14.7. The van der Waals surface area contributed by atoms with Gasteiger partial charge in [-0.3, -0.25) is 9.58 Å². The average Bonchev–Trinajstić information content (AvgIpc) is 2.87. The minimum absolute atomic E-state index is 0.705. The largest absolute Gasteiger partial charge is 0.383 e. The fourth-order valence-electron chi connectivity index (χ4n) is 2.63. The van der Waals surface area contributed by atoms with E-state index >= 15 is 0 Å². The third kappa shape index (κ3) is 3.25. The molecule has 2 heterocycles. The van der Waals surface area contributed by atoms with Crippen LogP contribution in [0.25, 0.3) is 11.1 Å². The summed E-state index contributed by atoms with van der Waals surface area (Å²) in [6.07, 6.45) is 2.89. The van der Waals surface area contributed by atoms with Crippen molar-refractivity contribution in [1.29, 1.82) is 0 Å². The maximum atomic E-state index is 6.01. The standard InChI is InChI=1S/C16H22N4O/c1-19-16(17)15(12-18-19)14-4-2-13(3-5-14)6-7-20-8-10-21-11-9-20/h2-5,12H,6-11,17H2,1H3. The number of nitrogens with two attached hydrogens (primary N) is 1. The molecule has 21 heavy (non-hydrogen) atoms. The second kappa shape index (κ2) is 6.28. The maximum absolute atomic E-state index is 6.01. The number of rotatable bonds is 4. The molecular weight excluding hydrogens is 264 g/mol. The fraction of sp³-hybridized carbons (Fsp3) is 0.438. The lowest BCUT2D eigenvalue weighted by Crippen LogP contribution is -2.37.